The van der Waals surface area contributed by atoms with Crippen molar-refractivity contribution in [3.05, 3.63) is 65.9 Å². The van der Waals surface area contributed by atoms with E-state index in [4.69, 9.17) is 9.47 Å². The van der Waals surface area contributed by atoms with Gasteiger partial charge in [-0.25, -0.2) is 0 Å². The Kier molecular flexibility index (Phi) is 1.64. The molecule has 0 unspecified atom stereocenters. The van der Waals surface area contributed by atoms with Gasteiger partial charge in [0.1, 0.15) is 11.5 Å². The van der Waals surface area contributed by atoms with Gasteiger partial charge in [0.15, 0.2) is 6.10 Å². The normalized spacial score (nSPS) is 19.3. The van der Waals surface area contributed by atoms with Gasteiger partial charge in [0, 0.05) is 16.7 Å². The van der Waals surface area contributed by atoms with Crippen LogP contribution in [0.3, 0.4) is 0 Å². The Morgan fingerprint density at radius 1 is 0.824 bits per heavy atom. The fraction of sp³-hybridized carbons (Fsp3) is 0.0667. The lowest BCUT2D eigenvalue weighted by Gasteiger charge is -2.20. The Balaban J connectivity index is 1.91. The Hall–Kier alpha value is -2.22. The number of rotatable bonds is 0. The van der Waals surface area contributed by atoms with Gasteiger partial charge in [-0.2, -0.15) is 0 Å². The van der Waals surface area contributed by atoms with Gasteiger partial charge in [-0.15, -0.1) is 0 Å². The van der Waals surface area contributed by atoms with Crippen LogP contribution < -0.4 is 9.47 Å². The molecular formula is C15H10O2. The van der Waals surface area contributed by atoms with Crippen LogP contribution in [0.1, 0.15) is 17.2 Å². The SMILES string of the molecule is C1=C2c3ccccc3O[C@H]2c2ccccc2O1. The smallest absolute Gasteiger partial charge is 0.156 e. The van der Waals surface area contributed by atoms with Crippen LogP contribution >= 0.6 is 0 Å². The maximum Gasteiger partial charge on any atom is 0.156 e. The molecule has 4 rings (SSSR count). The van der Waals surface area contributed by atoms with Gasteiger partial charge in [0.2, 0.25) is 0 Å². The average Bonchev–Trinajstić information content (AvgIpc) is 2.78. The lowest BCUT2D eigenvalue weighted by Crippen LogP contribution is -2.09. The summed E-state index contributed by atoms with van der Waals surface area (Å²) in [5.41, 5.74) is 3.34. The summed E-state index contributed by atoms with van der Waals surface area (Å²) in [4.78, 5) is 0. The molecule has 2 aliphatic heterocycles. The largest absolute Gasteiger partial charge is 0.480 e. The van der Waals surface area contributed by atoms with Crippen LogP contribution in [0, 0.1) is 0 Å². The van der Waals surface area contributed by atoms with Gasteiger partial charge in [-0.05, 0) is 12.1 Å². The predicted molar refractivity (Wildman–Crippen MR) is 64.9 cm³/mol. The van der Waals surface area contributed by atoms with Crippen LogP contribution in [-0.4, -0.2) is 0 Å². The Labute approximate surface area is 99.1 Å². The second kappa shape index (κ2) is 3.14. The summed E-state index contributed by atoms with van der Waals surface area (Å²) < 4.78 is 11.6. The molecule has 0 aromatic heterocycles. The van der Waals surface area contributed by atoms with Crippen LogP contribution in [0.4, 0.5) is 0 Å². The first-order chi connectivity index (χ1) is 8.43. The average molecular weight is 222 g/mol. The summed E-state index contributed by atoms with van der Waals surface area (Å²) in [6, 6.07) is 16.1. The van der Waals surface area contributed by atoms with Gasteiger partial charge in [-0.3, -0.25) is 0 Å². The maximum absolute atomic E-state index is 5.99. The molecule has 0 aliphatic carbocycles. The quantitative estimate of drug-likeness (QED) is 0.678. The van der Waals surface area contributed by atoms with E-state index in [1.807, 2.05) is 36.4 Å². The first-order valence-electron chi connectivity index (χ1n) is 5.65. The number of hydrogen-bond acceptors (Lipinski definition) is 2. The molecule has 2 aromatic rings. The third kappa shape index (κ3) is 1.15. The molecule has 0 N–H and O–H groups in total. The van der Waals surface area contributed by atoms with Crippen LogP contribution in [0.2, 0.25) is 0 Å². The van der Waals surface area contributed by atoms with E-state index in [1.54, 1.807) is 6.26 Å². The van der Waals surface area contributed by atoms with E-state index >= 15 is 0 Å². The zero-order valence-corrected chi connectivity index (χ0v) is 9.09. The van der Waals surface area contributed by atoms with Gasteiger partial charge in [0.25, 0.3) is 0 Å². The first-order valence-corrected chi connectivity index (χ1v) is 5.65. The molecule has 17 heavy (non-hydrogen) atoms. The molecule has 0 bridgehead atoms. The minimum atomic E-state index is -0.0163. The lowest BCUT2D eigenvalue weighted by atomic mass is 9.96. The fourth-order valence-corrected chi connectivity index (χ4v) is 2.43. The van der Waals surface area contributed by atoms with Crippen LogP contribution in [0.25, 0.3) is 5.57 Å². The number of hydrogen-bond donors (Lipinski definition) is 0. The number of para-hydroxylation sites is 2. The van der Waals surface area contributed by atoms with Gasteiger partial charge in [0.05, 0.1) is 6.26 Å². The Morgan fingerprint density at radius 3 is 2.53 bits per heavy atom. The van der Waals surface area contributed by atoms with Crippen molar-refractivity contribution in [2.24, 2.45) is 0 Å². The minimum Gasteiger partial charge on any atom is -0.480 e. The van der Waals surface area contributed by atoms with Crippen molar-refractivity contribution in [1.82, 2.24) is 0 Å². The standard InChI is InChI=1S/C15H10O2/c1-4-8-14-10(5-1)12-9-16-13-7-3-2-6-11(13)15(12)17-14/h1-9,15H/t15-/m0/s1. The fourth-order valence-electron chi connectivity index (χ4n) is 2.43. The zero-order chi connectivity index (χ0) is 11.2. The van der Waals surface area contributed by atoms with Crippen LogP contribution in [0.15, 0.2) is 54.8 Å². The second-order valence-electron chi connectivity index (χ2n) is 4.22. The summed E-state index contributed by atoms with van der Waals surface area (Å²) in [5.74, 6) is 1.82. The summed E-state index contributed by atoms with van der Waals surface area (Å²) in [6.07, 6.45) is 1.79. The molecular weight excluding hydrogens is 212 g/mol. The van der Waals surface area contributed by atoms with E-state index in [9.17, 15) is 0 Å². The molecule has 2 aliphatic rings. The van der Waals surface area contributed by atoms with Crippen molar-refractivity contribution in [3.8, 4) is 11.5 Å². The molecule has 2 heteroatoms. The summed E-state index contributed by atoms with van der Waals surface area (Å²) in [6.45, 7) is 0. The molecule has 0 saturated carbocycles. The van der Waals surface area contributed by atoms with Crippen molar-refractivity contribution in [2.45, 2.75) is 6.10 Å². The minimum absolute atomic E-state index is 0.0163. The number of benzene rings is 2. The summed E-state index contributed by atoms with van der Waals surface area (Å²) in [7, 11) is 0. The summed E-state index contributed by atoms with van der Waals surface area (Å²) in [5, 5.41) is 0. The van der Waals surface area contributed by atoms with Crippen molar-refractivity contribution < 1.29 is 9.47 Å². The van der Waals surface area contributed by atoms with Gasteiger partial charge < -0.3 is 9.47 Å². The highest BCUT2D eigenvalue weighted by atomic mass is 16.5. The van der Waals surface area contributed by atoms with Gasteiger partial charge >= 0.3 is 0 Å². The Morgan fingerprint density at radius 2 is 1.59 bits per heavy atom. The topological polar surface area (TPSA) is 18.5 Å². The molecule has 0 amide bonds. The van der Waals surface area contributed by atoms with Crippen molar-refractivity contribution in [3.63, 3.8) is 0 Å². The zero-order valence-electron chi connectivity index (χ0n) is 9.09. The van der Waals surface area contributed by atoms with E-state index in [1.165, 1.54) is 0 Å². The lowest BCUT2D eigenvalue weighted by molar-refractivity contribution is 0.268. The third-order valence-electron chi connectivity index (χ3n) is 3.24. The molecule has 1 atom stereocenters. The van der Waals surface area contributed by atoms with E-state index < -0.39 is 0 Å². The van der Waals surface area contributed by atoms with Crippen molar-refractivity contribution in [1.29, 1.82) is 0 Å². The second-order valence-corrected chi connectivity index (χ2v) is 4.22. The molecule has 0 saturated heterocycles. The van der Waals surface area contributed by atoms with E-state index in [0.29, 0.717) is 0 Å². The van der Waals surface area contributed by atoms with Crippen molar-refractivity contribution >= 4 is 5.57 Å². The third-order valence-corrected chi connectivity index (χ3v) is 3.24. The molecule has 2 aromatic carbocycles. The molecule has 0 radical (unpaired) electrons. The van der Waals surface area contributed by atoms with E-state index in [-0.39, 0.29) is 6.10 Å². The summed E-state index contributed by atoms with van der Waals surface area (Å²) >= 11 is 0. The van der Waals surface area contributed by atoms with Crippen LogP contribution in [0.5, 0.6) is 11.5 Å². The van der Waals surface area contributed by atoms with E-state index in [2.05, 4.69) is 12.1 Å². The molecule has 2 heterocycles. The highest BCUT2D eigenvalue weighted by Crippen LogP contribution is 2.49. The van der Waals surface area contributed by atoms with E-state index in [0.717, 1.165) is 28.2 Å². The predicted octanol–water partition coefficient (Wildman–Crippen LogP) is 3.55. The van der Waals surface area contributed by atoms with Crippen molar-refractivity contribution in [2.75, 3.05) is 0 Å². The molecule has 0 spiro atoms. The molecule has 2 nitrogen and oxygen atoms in total. The highest BCUT2D eigenvalue weighted by molar-refractivity contribution is 5.79. The number of fused-ring (bicyclic) bond motifs is 5. The highest BCUT2D eigenvalue weighted by Gasteiger charge is 2.34. The van der Waals surface area contributed by atoms with Crippen LogP contribution in [-0.2, 0) is 0 Å². The monoisotopic (exact) mass is 222 g/mol. The number of ether oxygens (including phenoxy) is 2. The maximum atomic E-state index is 5.99. The molecule has 0 fully saturated rings. The molecule has 82 valence electrons. The Bertz CT molecular complexity index is 628. The first kappa shape index (κ1) is 8.88. The van der Waals surface area contributed by atoms with Gasteiger partial charge in [-0.1, -0.05) is 36.4 Å².